The molecule has 0 radical (unpaired) electrons. The van der Waals surface area contributed by atoms with Gasteiger partial charge in [-0.25, -0.2) is 9.59 Å². The van der Waals surface area contributed by atoms with Gasteiger partial charge in [0.1, 0.15) is 11.2 Å². The Balaban J connectivity index is 1.55. The number of alkyl halides is 3. The van der Waals surface area contributed by atoms with E-state index >= 15 is 0 Å². The summed E-state index contributed by atoms with van der Waals surface area (Å²) in [5.74, 6) is -1.22. The molecule has 3 aliphatic rings. The molecule has 3 fully saturated rings. The number of rotatable bonds is 5. The van der Waals surface area contributed by atoms with Gasteiger partial charge < -0.3 is 14.4 Å². The molecule has 2 aliphatic carbocycles. The molecular weight excluding hydrogens is 427 g/mol. The molecule has 7 nitrogen and oxygen atoms in total. The molecule has 1 saturated heterocycles. The highest BCUT2D eigenvalue weighted by atomic mass is 19.4. The van der Waals surface area contributed by atoms with Crippen LogP contribution in [-0.4, -0.2) is 52.0 Å². The highest BCUT2D eigenvalue weighted by molar-refractivity contribution is 5.90. The fraction of sp³-hybridized carbons (Fsp3) is 0.773. The number of carbonyl (C=O) groups excluding carboxylic acids is 2. The second-order valence-electron chi connectivity index (χ2n) is 10.2. The van der Waals surface area contributed by atoms with E-state index in [1.54, 1.807) is 32.6 Å². The molecule has 1 unspecified atom stereocenters. The summed E-state index contributed by atoms with van der Waals surface area (Å²) in [6.07, 6.45) is -2.09. The number of nitrogens with zero attached hydrogens (tertiary/aromatic N) is 3. The summed E-state index contributed by atoms with van der Waals surface area (Å²) in [5.41, 5.74) is -2.23. The molecule has 0 bridgehead atoms. The van der Waals surface area contributed by atoms with Gasteiger partial charge in [0.2, 0.25) is 0 Å². The van der Waals surface area contributed by atoms with Crippen LogP contribution in [0.5, 0.6) is 0 Å². The van der Waals surface area contributed by atoms with Crippen molar-refractivity contribution >= 4 is 12.1 Å². The SMILES string of the molecule is CCOC(=O)c1c(C(F)(F)F)c(C2CC2)nn1CC1CCC12CN(C(=O)OC(C)(C)C)C2. The van der Waals surface area contributed by atoms with Crippen molar-refractivity contribution in [3.05, 3.63) is 17.0 Å². The quantitative estimate of drug-likeness (QED) is 0.604. The molecule has 1 amide bonds. The van der Waals surface area contributed by atoms with Crippen LogP contribution in [-0.2, 0) is 22.2 Å². The molecule has 4 rings (SSSR count). The molecule has 32 heavy (non-hydrogen) atoms. The molecule has 178 valence electrons. The number of amides is 1. The minimum atomic E-state index is -4.68. The molecule has 2 heterocycles. The normalized spacial score (nSPS) is 22.3. The Hall–Kier alpha value is -2.26. The Morgan fingerprint density at radius 1 is 1.16 bits per heavy atom. The monoisotopic (exact) mass is 457 g/mol. The molecular formula is C22H30F3N3O4. The second kappa shape index (κ2) is 7.66. The lowest BCUT2D eigenvalue weighted by Gasteiger charge is -2.60. The molecule has 0 N–H and O–H groups in total. The van der Waals surface area contributed by atoms with E-state index in [9.17, 15) is 22.8 Å². The van der Waals surface area contributed by atoms with Crippen LogP contribution < -0.4 is 0 Å². The van der Waals surface area contributed by atoms with Gasteiger partial charge in [0.15, 0.2) is 5.69 Å². The van der Waals surface area contributed by atoms with Gasteiger partial charge in [-0.3, -0.25) is 4.68 Å². The van der Waals surface area contributed by atoms with Crippen molar-refractivity contribution in [2.45, 2.75) is 77.6 Å². The molecule has 10 heteroatoms. The maximum Gasteiger partial charge on any atom is 0.420 e. The van der Waals surface area contributed by atoms with Crippen molar-refractivity contribution < 1.29 is 32.2 Å². The van der Waals surface area contributed by atoms with Gasteiger partial charge >= 0.3 is 18.2 Å². The Kier molecular flexibility index (Phi) is 5.48. The molecule has 0 aromatic carbocycles. The Labute approximate surface area is 185 Å². The van der Waals surface area contributed by atoms with Crippen LogP contribution in [0.15, 0.2) is 0 Å². The van der Waals surface area contributed by atoms with Gasteiger partial charge in [-0.2, -0.15) is 18.3 Å². The zero-order chi connectivity index (χ0) is 23.5. The summed E-state index contributed by atoms with van der Waals surface area (Å²) in [4.78, 5) is 26.5. The molecule has 1 atom stereocenters. The average molecular weight is 457 g/mol. The topological polar surface area (TPSA) is 73.7 Å². The van der Waals surface area contributed by atoms with Crippen molar-refractivity contribution in [1.82, 2.24) is 14.7 Å². The smallest absolute Gasteiger partial charge is 0.420 e. The molecule has 1 spiro atoms. The summed E-state index contributed by atoms with van der Waals surface area (Å²) < 4.78 is 53.4. The lowest BCUT2D eigenvalue weighted by atomic mass is 9.56. The lowest BCUT2D eigenvalue weighted by Crippen LogP contribution is -2.66. The van der Waals surface area contributed by atoms with Crippen molar-refractivity contribution in [2.75, 3.05) is 19.7 Å². The highest BCUT2D eigenvalue weighted by Gasteiger charge is 2.57. The number of carbonyl (C=O) groups is 2. The van der Waals surface area contributed by atoms with Crippen LogP contribution in [0.4, 0.5) is 18.0 Å². The van der Waals surface area contributed by atoms with Crippen LogP contribution in [0.3, 0.4) is 0 Å². The van der Waals surface area contributed by atoms with Gasteiger partial charge in [0, 0.05) is 31.0 Å². The van der Waals surface area contributed by atoms with Crippen molar-refractivity contribution in [2.24, 2.45) is 11.3 Å². The molecule has 2 saturated carbocycles. The maximum atomic E-state index is 13.9. The van der Waals surface area contributed by atoms with Crippen LogP contribution >= 0.6 is 0 Å². The third-order valence-corrected chi connectivity index (χ3v) is 6.61. The van der Waals surface area contributed by atoms with E-state index in [0.29, 0.717) is 25.9 Å². The Morgan fingerprint density at radius 2 is 1.81 bits per heavy atom. The summed E-state index contributed by atoms with van der Waals surface area (Å²) >= 11 is 0. The molecule has 1 aliphatic heterocycles. The zero-order valence-electron chi connectivity index (χ0n) is 18.9. The van der Waals surface area contributed by atoms with Gasteiger partial charge in [-0.15, -0.1) is 0 Å². The van der Waals surface area contributed by atoms with E-state index < -0.39 is 29.0 Å². The highest BCUT2D eigenvalue weighted by Crippen LogP contribution is 2.54. The number of aromatic nitrogens is 2. The van der Waals surface area contributed by atoms with Crippen molar-refractivity contribution in [3.8, 4) is 0 Å². The Morgan fingerprint density at radius 3 is 2.28 bits per heavy atom. The fourth-order valence-electron chi connectivity index (χ4n) is 4.78. The van der Waals surface area contributed by atoms with E-state index in [0.717, 1.165) is 12.8 Å². The average Bonchev–Trinajstić information content (AvgIpc) is 3.35. The predicted molar refractivity (Wildman–Crippen MR) is 108 cm³/mol. The third kappa shape index (κ3) is 4.20. The van der Waals surface area contributed by atoms with E-state index in [1.807, 2.05) is 0 Å². The van der Waals surface area contributed by atoms with E-state index in [-0.39, 0.29) is 42.2 Å². The fourth-order valence-corrected chi connectivity index (χ4v) is 4.78. The minimum Gasteiger partial charge on any atom is -0.461 e. The number of hydrogen-bond acceptors (Lipinski definition) is 5. The first kappa shape index (κ1) is 22.9. The number of halogens is 3. The van der Waals surface area contributed by atoms with Crippen LogP contribution in [0.2, 0.25) is 0 Å². The van der Waals surface area contributed by atoms with Gasteiger partial charge in [-0.1, -0.05) is 0 Å². The third-order valence-electron chi connectivity index (χ3n) is 6.61. The van der Waals surface area contributed by atoms with Crippen LogP contribution in [0.25, 0.3) is 0 Å². The van der Waals surface area contributed by atoms with Gasteiger partial charge in [0.05, 0.1) is 12.3 Å². The number of likely N-dealkylation sites (tertiary alicyclic amines) is 1. The zero-order valence-corrected chi connectivity index (χ0v) is 18.9. The maximum absolute atomic E-state index is 13.9. The van der Waals surface area contributed by atoms with E-state index in [2.05, 4.69) is 5.10 Å². The van der Waals surface area contributed by atoms with Crippen LogP contribution in [0.1, 0.15) is 81.0 Å². The standard InChI is InChI=1S/C22H30F3N3O4/c1-5-31-18(29)17-15(22(23,24)25)16(13-6-7-13)26-28(17)10-14-8-9-21(14)11-27(12-21)19(30)32-20(2,3)4/h13-14H,5-12H2,1-4H3. The van der Waals surface area contributed by atoms with Gasteiger partial charge in [-0.05, 0) is 59.3 Å². The second-order valence-corrected chi connectivity index (χ2v) is 10.2. The molecule has 1 aromatic heterocycles. The summed E-state index contributed by atoms with van der Waals surface area (Å²) in [6, 6.07) is 0. The minimum absolute atomic E-state index is 0.0156. The molecule has 1 aromatic rings. The summed E-state index contributed by atoms with van der Waals surface area (Å²) in [6.45, 7) is 8.16. The van der Waals surface area contributed by atoms with E-state index in [4.69, 9.17) is 9.47 Å². The van der Waals surface area contributed by atoms with Crippen LogP contribution in [0, 0.1) is 11.3 Å². The lowest BCUT2D eigenvalue weighted by molar-refractivity contribution is -0.139. The number of esters is 1. The van der Waals surface area contributed by atoms with E-state index in [1.165, 1.54) is 4.68 Å². The Bertz CT molecular complexity index is 909. The largest absolute Gasteiger partial charge is 0.461 e. The van der Waals surface area contributed by atoms with Crippen molar-refractivity contribution in [1.29, 1.82) is 0 Å². The summed E-state index contributed by atoms with van der Waals surface area (Å²) in [7, 11) is 0. The number of ether oxygens (including phenoxy) is 2. The van der Waals surface area contributed by atoms with Gasteiger partial charge in [0.25, 0.3) is 0 Å². The first-order valence-electron chi connectivity index (χ1n) is 11.2. The predicted octanol–water partition coefficient (Wildman–Crippen LogP) is 4.60. The summed E-state index contributed by atoms with van der Waals surface area (Å²) in [5, 5.41) is 4.28. The van der Waals surface area contributed by atoms with Crippen molar-refractivity contribution in [3.63, 3.8) is 0 Å². The first-order valence-corrected chi connectivity index (χ1v) is 11.2. The number of hydrogen-bond donors (Lipinski definition) is 0. The first-order chi connectivity index (χ1) is 14.8.